The molecule has 2 aliphatic heterocycles. The summed E-state index contributed by atoms with van der Waals surface area (Å²) in [6.07, 6.45) is 5.33. The Morgan fingerprint density at radius 1 is 1.14 bits per heavy atom. The summed E-state index contributed by atoms with van der Waals surface area (Å²) in [5.74, 6) is -0.215. The summed E-state index contributed by atoms with van der Waals surface area (Å²) >= 11 is 0. The Labute approximate surface area is 164 Å². The van der Waals surface area contributed by atoms with E-state index >= 15 is 0 Å². The minimum Gasteiger partial charge on any atom is -0.469 e. The second kappa shape index (κ2) is 6.11. The third-order valence-electron chi connectivity index (χ3n) is 5.77. The molecule has 140 valence electrons. The van der Waals surface area contributed by atoms with E-state index < -0.39 is 28.8 Å². The summed E-state index contributed by atoms with van der Waals surface area (Å²) in [4.78, 5) is 15.6. The number of hydrogen-bond acceptors (Lipinski definition) is 5. The molecule has 1 aromatic carbocycles. The van der Waals surface area contributed by atoms with Gasteiger partial charge in [0.05, 0.1) is 30.4 Å². The van der Waals surface area contributed by atoms with Crippen molar-refractivity contribution < 1.29 is 9.21 Å². The molecule has 28 heavy (non-hydrogen) atoms. The summed E-state index contributed by atoms with van der Waals surface area (Å²) in [6, 6.07) is 14.6. The molecule has 0 N–H and O–H groups in total. The van der Waals surface area contributed by atoms with Crippen molar-refractivity contribution in [3.63, 3.8) is 0 Å². The summed E-state index contributed by atoms with van der Waals surface area (Å²) in [6.45, 7) is 5.61. The molecule has 0 radical (unpaired) electrons. The van der Waals surface area contributed by atoms with Crippen LogP contribution in [0.1, 0.15) is 38.0 Å². The van der Waals surface area contributed by atoms with Crippen LogP contribution in [0.15, 0.2) is 53.2 Å². The second-order valence-corrected chi connectivity index (χ2v) is 8.41. The predicted octanol–water partition coefficient (Wildman–Crippen LogP) is 4.30. The highest BCUT2D eigenvalue weighted by molar-refractivity contribution is 5.95. The lowest BCUT2D eigenvalue weighted by Gasteiger charge is -2.37. The number of Topliss-reactive ketones (excluding diaryl/α,β-unsaturated/α-hetero) is 1. The van der Waals surface area contributed by atoms with Gasteiger partial charge in [0.1, 0.15) is 11.8 Å². The van der Waals surface area contributed by atoms with Gasteiger partial charge in [-0.3, -0.25) is 4.79 Å². The van der Waals surface area contributed by atoms with Crippen molar-refractivity contribution in [2.75, 3.05) is 4.90 Å². The maximum absolute atomic E-state index is 13.6. The molecule has 5 nitrogen and oxygen atoms in total. The number of nitriles is 2. The third-order valence-corrected chi connectivity index (χ3v) is 5.77. The van der Waals surface area contributed by atoms with Crippen LogP contribution in [0.4, 0.5) is 5.69 Å². The standard InChI is InChI=1S/C23H21N3O2/c1-22(2,3)21(27)20-19(17-9-6-12-28-17)23(13-24,14-25)18-11-10-15-7-4-5-8-16(15)26(18)20/h4-12,18-20H,1-3H3/t18-,19+,20+/m1/s1. The molecule has 0 bridgehead atoms. The molecule has 1 fully saturated rings. The molecule has 0 saturated carbocycles. The maximum Gasteiger partial charge on any atom is 0.179 e. The Morgan fingerprint density at radius 2 is 1.86 bits per heavy atom. The first-order valence-corrected chi connectivity index (χ1v) is 9.31. The molecule has 2 aliphatic rings. The van der Waals surface area contributed by atoms with Crippen LogP contribution in [0.3, 0.4) is 0 Å². The molecule has 3 heterocycles. The van der Waals surface area contributed by atoms with Gasteiger partial charge in [-0.1, -0.05) is 51.1 Å². The first kappa shape index (κ1) is 18.1. The lowest BCUT2D eigenvalue weighted by molar-refractivity contribution is -0.128. The number of furan rings is 1. The molecule has 1 saturated heterocycles. The van der Waals surface area contributed by atoms with Crippen molar-refractivity contribution in [1.29, 1.82) is 10.5 Å². The molecule has 0 amide bonds. The monoisotopic (exact) mass is 371 g/mol. The van der Waals surface area contributed by atoms with Crippen molar-refractivity contribution in [3.8, 4) is 12.1 Å². The van der Waals surface area contributed by atoms with Gasteiger partial charge < -0.3 is 9.32 Å². The van der Waals surface area contributed by atoms with Crippen molar-refractivity contribution in [3.05, 3.63) is 60.1 Å². The van der Waals surface area contributed by atoms with Crippen LogP contribution < -0.4 is 4.90 Å². The van der Waals surface area contributed by atoms with Gasteiger partial charge in [-0.05, 0) is 23.8 Å². The fraction of sp³-hybridized carbons (Fsp3) is 0.348. The van der Waals surface area contributed by atoms with Crippen LogP contribution in [0.2, 0.25) is 0 Å². The predicted molar refractivity (Wildman–Crippen MR) is 105 cm³/mol. The highest BCUT2D eigenvalue weighted by Gasteiger charge is 2.65. The normalized spacial score (nSPS) is 24.8. The number of rotatable bonds is 2. The largest absolute Gasteiger partial charge is 0.469 e. The Kier molecular flexibility index (Phi) is 3.94. The molecule has 1 aromatic heterocycles. The number of carbonyl (C=O) groups is 1. The number of fused-ring (bicyclic) bond motifs is 3. The van der Waals surface area contributed by atoms with Crippen LogP contribution in [0.25, 0.3) is 6.08 Å². The number of para-hydroxylation sites is 1. The van der Waals surface area contributed by atoms with E-state index in [1.807, 2.05) is 62.1 Å². The van der Waals surface area contributed by atoms with Crippen molar-refractivity contribution in [2.45, 2.75) is 38.8 Å². The SMILES string of the molecule is CC(C)(C)C(=O)[C@@H]1[C@H](c2ccco2)C(C#N)(C#N)[C@H]2C=Cc3ccccc3N12. The summed E-state index contributed by atoms with van der Waals surface area (Å²) < 4.78 is 5.66. The van der Waals surface area contributed by atoms with Crippen LogP contribution in [0, 0.1) is 33.5 Å². The lowest BCUT2D eigenvalue weighted by atomic mass is 9.69. The van der Waals surface area contributed by atoms with E-state index in [2.05, 4.69) is 12.1 Å². The van der Waals surface area contributed by atoms with Crippen LogP contribution >= 0.6 is 0 Å². The van der Waals surface area contributed by atoms with Crippen molar-refractivity contribution >= 4 is 17.5 Å². The highest BCUT2D eigenvalue weighted by Crippen LogP contribution is 2.56. The topological polar surface area (TPSA) is 81.0 Å². The Balaban J connectivity index is 2.02. The average molecular weight is 371 g/mol. The van der Waals surface area contributed by atoms with E-state index in [0.717, 1.165) is 11.3 Å². The van der Waals surface area contributed by atoms with Crippen molar-refractivity contribution in [1.82, 2.24) is 0 Å². The van der Waals surface area contributed by atoms with Gasteiger partial charge >= 0.3 is 0 Å². The van der Waals surface area contributed by atoms with Gasteiger partial charge in [0, 0.05) is 11.1 Å². The Bertz CT molecular complexity index is 1020. The van der Waals surface area contributed by atoms with E-state index in [4.69, 9.17) is 4.42 Å². The average Bonchev–Trinajstić information content (AvgIpc) is 3.30. The number of hydrogen-bond donors (Lipinski definition) is 0. The van der Waals surface area contributed by atoms with E-state index in [-0.39, 0.29) is 5.78 Å². The van der Waals surface area contributed by atoms with Gasteiger partial charge in [0.25, 0.3) is 0 Å². The molecule has 2 aromatic rings. The fourth-order valence-corrected chi connectivity index (χ4v) is 4.45. The minimum absolute atomic E-state index is 0.0172. The lowest BCUT2D eigenvalue weighted by Crippen LogP contribution is -2.47. The zero-order valence-electron chi connectivity index (χ0n) is 16.1. The van der Waals surface area contributed by atoms with E-state index in [1.54, 1.807) is 12.1 Å². The third kappa shape index (κ3) is 2.33. The molecule has 0 spiro atoms. The van der Waals surface area contributed by atoms with Crippen molar-refractivity contribution in [2.24, 2.45) is 10.8 Å². The molecular formula is C23H21N3O2. The number of carbonyl (C=O) groups excluding carboxylic acids is 1. The first-order valence-electron chi connectivity index (χ1n) is 9.31. The van der Waals surface area contributed by atoms with Gasteiger partial charge in [-0.2, -0.15) is 10.5 Å². The highest BCUT2D eigenvalue weighted by atomic mass is 16.3. The number of anilines is 1. The zero-order valence-corrected chi connectivity index (χ0v) is 16.1. The first-order chi connectivity index (χ1) is 13.3. The van der Waals surface area contributed by atoms with E-state index in [0.29, 0.717) is 5.76 Å². The minimum atomic E-state index is -1.44. The molecule has 0 aliphatic carbocycles. The smallest absolute Gasteiger partial charge is 0.179 e. The van der Waals surface area contributed by atoms with Crippen LogP contribution in [-0.4, -0.2) is 17.9 Å². The number of ketones is 1. The van der Waals surface area contributed by atoms with E-state index in [1.165, 1.54) is 6.26 Å². The summed E-state index contributed by atoms with van der Waals surface area (Å²) in [5.41, 5.74) is -0.248. The maximum atomic E-state index is 13.6. The van der Waals surface area contributed by atoms with Gasteiger partial charge in [0.15, 0.2) is 11.2 Å². The van der Waals surface area contributed by atoms with Crippen LogP contribution in [0.5, 0.6) is 0 Å². The van der Waals surface area contributed by atoms with Crippen LogP contribution in [-0.2, 0) is 4.79 Å². The number of nitrogens with zero attached hydrogens (tertiary/aromatic N) is 3. The molecule has 0 unspecified atom stereocenters. The quantitative estimate of drug-likeness (QED) is 0.786. The van der Waals surface area contributed by atoms with Gasteiger partial charge in [-0.25, -0.2) is 0 Å². The van der Waals surface area contributed by atoms with E-state index in [9.17, 15) is 15.3 Å². The Morgan fingerprint density at radius 3 is 2.46 bits per heavy atom. The zero-order chi connectivity index (χ0) is 20.1. The molecule has 4 rings (SSSR count). The summed E-state index contributed by atoms with van der Waals surface area (Å²) in [7, 11) is 0. The molecule has 3 atom stereocenters. The van der Waals surface area contributed by atoms with Gasteiger partial charge in [-0.15, -0.1) is 0 Å². The number of benzene rings is 1. The van der Waals surface area contributed by atoms with Gasteiger partial charge in [0.2, 0.25) is 0 Å². The summed E-state index contributed by atoms with van der Waals surface area (Å²) in [5, 5.41) is 20.4. The Hall–Kier alpha value is -3.31. The fourth-order valence-electron chi connectivity index (χ4n) is 4.45. The molecule has 5 heteroatoms. The molecular weight excluding hydrogens is 350 g/mol. The second-order valence-electron chi connectivity index (χ2n) is 8.41.